The second-order valence-electron chi connectivity index (χ2n) is 6.74. The van der Waals surface area contributed by atoms with Gasteiger partial charge in [-0.25, -0.2) is 0 Å². The number of likely N-dealkylation sites (N-methyl/N-ethyl adjacent to an activating group) is 1. The SMILES string of the molecule is CNC(=O)[C@@H](NC(=O)[C@H](C)NC(=O)[C@@H](O)C(C)C)c1ccccc1CC(=O)O. The van der Waals surface area contributed by atoms with Crippen molar-refractivity contribution in [1.82, 2.24) is 16.0 Å². The number of nitrogens with one attached hydrogen (secondary N) is 3. The van der Waals surface area contributed by atoms with Gasteiger partial charge in [-0.2, -0.15) is 0 Å². The molecule has 0 fully saturated rings. The fourth-order valence-electron chi connectivity index (χ4n) is 2.50. The zero-order chi connectivity index (χ0) is 21.4. The van der Waals surface area contributed by atoms with Crippen LogP contribution in [0.5, 0.6) is 0 Å². The Balaban J connectivity index is 3.02. The minimum absolute atomic E-state index is 0.313. The lowest BCUT2D eigenvalue weighted by Crippen LogP contribution is -2.51. The van der Waals surface area contributed by atoms with Crippen LogP contribution in [0, 0.1) is 5.92 Å². The van der Waals surface area contributed by atoms with Crippen LogP contribution in [-0.4, -0.2) is 53.1 Å². The molecule has 1 aromatic rings. The summed E-state index contributed by atoms with van der Waals surface area (Å²) in [6.07, 6.45) is -1.58. The lowest BCUT2D eigenvalue weighted by atomic mass is 9.97. The first kappa shape index (κ1) is 23.1. The van der Waals surface area contributed by atoms with Gasteiger partial charge in [0.2, 0.25) is 17.7 Å². The van der Waals surface area contributed by atoms with E-state index in [2.05, 4.69) is 16.0 Å². The number of amides is 3. The van der Waals surface area contributed by atoms with Crippen LogP contribution in [0.1, 0.15) is 37.9 Å². The highest BCUT2D eigenvalue weighted by molar-refractivity contribution is 5.93. The predicted molar refractivity (Wildman–Crippen MR) is 101 cm³/mol. The quantitative estimate of drug-likeness (QED) is 0.391. The van der Waals surface area contributed by atoms with Gasteiger partial charge >= 0.3 is 5.97 Å². The average molecular weight is 393 g/mol. The van der Waals surface area contributed by atoms with E-state index in [0.29, 0.717) is 11.1 Å². The summed E-state index contributed by atoms with van der Waals surface area (Å²) in [5.41, 5.74) is 0.731. The second-order valence-corrected chi connectivity index (χ2v) is 6.74. The molecule has 3 amide bonds. The first-order valence-electron chi connectivity index (χ1n) is 8.88. The van der Waals surface area contributed by atoms with Crippen molar-refractivity contribution in [3.63, 3.8) is 0 Å². The molecular formula is C19H27N3O6. The molecule has 5 N–H and O–H groups in total. The van der Waals surface area contributed by atoms with E-state index >= 15 is 0 Å². The Morgan fingerprint density at radius 2 is 1.57 bits per heavy atom. The molecule has 0 spiro atoms. The van der Waals surface area contributed by atoms with E-state index in [4.69, 9.17) is 5.11 Å². The molecule has 0 saturated carbocycles. The number of hydrogen-bond acceptors (Lipinski definition) is 5. The third-order valence-electron chi connectivity index (χ3n) is 4.16. The van der Waals surface area contributed by atoms with E-state index in [1.54, 1.807) is 38.1 Å². The van der Waals surface area contributed by atoms with Crippen LogP contribution in [0.25, 0.3) is 0 Å². The number of carboxylic acids is 1. The molecule has 0 aromatic heterocycles. The Labute approximate surface area is 163 Å². The molecule has 154 valence electrons. The molecule has 0 aliphatic rings. The van der Waals surface area contributed by atoms with Gasteiger partial charge in [-0.3, -0.25) is 19.2 Å². The highest BCUT2D eigenvalue weighted by atomic mass is 16.4. The molecule has 0 radical (unpaired) electrons. The molecule has 0 unspecified atom stereocenters. The van der Waals surface area contributed by atoms with Gasteiger partial charge in [0, 0.05) is 7.05 Å². The summed E-state index contributed by atoms with van der Waals surface area (Å²) >= 11 is 0. The first-order valence-corrected chi connectivity index (χ1v) is 8.88. The predicted octanol–water partition coefficient (Wildman–Crippen LogP) is -0.261. The van der Waals surface area contributed by atoms with Crippen molar-refractivity contribution in [2.45, 2.75) is 45.4 Å². The van der Waals surface area contributed by atoms with Crippen LogP contribution in [0.15, 0.2) is 24.3 Å². The summed E-state index contributed by atoms with van der Waals surface area (Å²) < 4.78 is 0. The summed E-state index contributed by atoms with van der Waals surface area (Å²) in [6, 6.07) is 4.25. The normalized spacial score (nSPS) is 13.9. The lowest BCUT2D eigenvalue weighted by Gasteiger charge is -2.23. The molecule has 3 atom stereocenters. The summed E-state index contributed by atoms with van der Waals surface area (Å²) in [5, 5.41) is 26.2. The van der Waals surface area contributed by atoms with Gasteiger partial charge in [-0.15, -0.1) is 0 Å². The maximum absolute atomic E-state index is 12.5. The fourth-order valence-corrected chi connectivity index (χ4v) is 2.50. The average Bonchev–Trinajstić information content (AvgIpc) is 2.64. The van der Waals surface area contributed by atoms with Crippen molar-refractivity contribution in [2.24, 2.45) is 5.92 Å². The molecule has 0 heterocycles. The van der Waals surface area contributed by atoms with Gasteiger partial charge in [-0.1, -0.05) is 38.1 Å². The highest BCUT2D eigenvalue weighted by Gasteiger charge is 2.28. The smallest absolute Gasteiger partial charge is 0.307 e. The Kier molecular flexibility index (Phi) is 8.59. The van der Waals surface area contributed by atoms with Crippen LogP contribution in [0.4, 0.5) is 0 Å². The number of aliphatic hydroxyl groups is 1. The summed E-state index contributed by atoms with van der Waals surface area (Å²) in [4.78, 5) is 47.9. The highest BCUT2D eigenvalue weighted by Crippen LogP contribution is 2.19. The van der Waals surface area contributed by atoms with Crippen LogP contribution in [0.3, 0.4) is 0 Å². The Morgan fingerprint density at radius 1 is 0.964 bits per heavy atom. The number of aliphatic hydroxyl groups excluding tert-OH is 1. The van der Waals surface area contributed by atoms with E-state index < -0.39 is 41.9 Å². The van der Waals surface area contributed by atoms with Crippen LogP contribution < -0.4 is 16.0 Å². The number of carboxylic acid groups (broad SMARTS) is 1. The number of rotatable bonds is 9. The molecule has 0 aliphatic heterocycles. The fraction of sp³-hybridized carbons (Fsp3) is 0.474. The van der Waals surface area contributed by atoms with Crippen molar-refractivity contribution in [1.29, 1.82) is 0 Å². The largest absolute Gasteiger partial charge is 0.481 e. The molecule has 1 aromatic carbocycles. The van der Waals surface area contributed by atoms with Gasteiger partial charge < -0.3 is 26.2 Å². The number of benzene rings is 1. The van der Waals surface area contributed by atoms with E-state index in [9.17, 15) is 24.3 Å². The zero-order valence-corrected chi connectivity index (χ0v) is 16.4. The van der Waals surface area contributed by atoms with Crippen molar-refractivity contribution in [3.05, 3.63) is 35.4 Å². The third kappa shape index (κ3) is 6.34. The van der Waals surface area contributed by atoms with Crippen molar-refractivity contribution < 1.29 is 29.4 Å². The van der Waals surface area contributed by atoms with Crippen molar-refractivity contribution in [3.8, 4) is 0 Å². The minimum atomic E-state index is -1.26. The minimum Gasteiger partial charge on any atom is -0.481 e. The molecule has 0 bridgehead atoms. The van der Waals surface area contributed by atoms with E-state index in [1.165, 1.54) is 14.0 Å². The van der Waals surface area contributed by atoms with Gasteiger partial charge in [0.15, 0.2) is 0 Å². The maximum Gasteiger partial charge on any atom is 0.307 e. The molecule has 9 heteroatoms. The molecule has 1 rings (SSSR count). The molecule has 28 heavy (non-hydrogen) atoms. The standard InChI is InChI=1S/C19H27N3O6/c1-10(2)16(25)19(28)21-11(3)17(26)22-15(18(27)20-4)13-8-6-5-7-12(13)9-14(23)24/h5-8,10-11,15-16,25H,9H2,1-4H3,(H,20,27)(H,21,28)(H,22,26)(H,23,24)/t11-,15-,16-/m0/s1. The lowest BCUT2D eigenvalue weighted by molar-refractivity contribution is -0.136. The maximum atomic E-state index is 12.5. The Morgan fingerprint density at radius 3 is 2.11 bits per heavy atom. The topological polar surface area (TPSA) is 145 Å². The first-order chi connectivity index (χ1) is 13.1. The number of hydrogen-bond donors (Lipinski definition) is 5. The van der Waals surface area contributed by atoms with Gasteiger partial charge in [0.25, 0.3) is 0 Å². The summed E-state index contributed by atoms with van der Waals surface area (Å²) in [5.74, 6) is -3.27. The van der Waals surface area contributed by atoms with Gasteiger partial charge in [-0.05, 0) is 24.0 Å². The van der Waals surface area contributed by atoms with Crippen LogP contribution in [0.2, 0.25) is 0 Å². The Bertz CT molecular complexity index is 734. The molecule has 0 aliphatic carbocycles. The number of carbonyl (C=O) groups is 4. The Hall–Kier alpha value is -2.94. The zero-order valence-electron chi connectivity index (χ0n) is 16.4. The monoisotopic (exact) mass is 393 g/mol. The van der Waals surface area contributed by atoms with E-state index in [1.807, 2.05) is 0 Å². The molecule has 0 saturated heterocycles. The van der Waals surface area contributed by atoms with E-state index in [0.717, 1.165) is 0 Å². The van der Waals surface area contributed by atoms with Crippen molar-refractivity contribution >= 4 is 23.7 Å². The molecular weight excluding hydrogens is 366 g/mol. The van der Waals surface area contributed by atoms with Crippen LogP contribution >= 0.6 is 0 Å². The number of carbonyl (C=O) groups excluding carboxylic acids is 3. The van der Waals surface area contributed by atoms with E-state index in [-0.39, 0.29) is 12.3 Å². The number of aliphatic carboxylic acids is 1. The summed E-state index contributed by atoms with van der Waals surface area (Å²) in [6.45, 7) is 4.75. The third-order valence-corrected chi connectivity index (χ3v) is 4.16. The van der Waals surface area contributed by atoms with Gasteiger partial charge in [0.1, 0.15) is 18.2 Å². The van der Waals surface area contributed by atoms with Crippen LogP contribution in [-0.2, 0) is 25.6 Å². The second kappa shape index (κ2) is 10.4. The summed E-state index contributed by atoms with van der Waals surface area (Å²) in [7, 11) is 1.39. The van der Waals surface area contributed by atoms with Gasteiger partial charge in [0.05, 0.1) is 6.42 Å². The van der Waals surface area contributed by atoms with Crippen molar-refractivity contribution in [2.75, 3.05) is 7.05 Å². The molecule has 9 nitrogen and oxygen atoms in total.